The molecule has 9 heteroatoms. The highest BCUT2D eigenvalue weighted by Crippen LogP contribution is 2.22. The molecule has 0 saturated carbocycles. The summed E-state index contributed by atoms with van der Waals surface area (Å²) in [5.74, 6) is 0.0552. The maximum Gasteiger partial charge on any atom is 0.261 e. The lowest BCUT2D eigenvalue weighted by atomic mass is 10.1. The van der Waals surface area contributed by atoms with E-state index in [-0.39, 0.29) is 10.0 Å². The molecule has 0 bridgehead atoms. The number of carbonyl (C=O) groups excluding carboxylic acids is 1. The summed E-state index contributed by atoms with van der Waals surface area (Å²) in [5, 5.41) is 5.56. The Balaban J connectivity index is 1.65. The van der Waals surface area contributed by atoms with Gasteiger partial charge in [0.1, 0.15) is 5.75 Å². The van der Waals surface area contributed by atoms with Crippen LogP contribution in [0.3, 0.4) is 0 Å². The Labute approximate surface area is 199 Å². The van der Waals surface area contributed by atoms with Gasteiger partial charge in [-0.05, 0) is 81.0 Å². The number of sulfonamides is 1. The fourth-order valence-corrected chi connectivity index (χ4v) is 4.46. The second-order valence-corrected chi connectivity index (χ2v) is 9.38. The van der Waals surface area contributed by atoms with Crippen LogP contribution in [-0.2, 0) is 10.0 Å². The van der Waals surface area contributed by atoms with Gasteiger partial charge in [0.2, 0.25) is 0 Å². The van der Waals surface area contributed by atoms with Crippen molar-refractivity contribution in [3.8, 4) is 5.75 Å². The van der Waals surface area contributed by atoms with Crippen molar-refractivity contribution in [3.05, 3.63) is 83.4 Å². The van der Waals surface area contributed by atoms with Crippen molar-refractivity contribution < 1.29 is 17.9 Å². The number of anilines is 2. The van der Waals surface area contributed by atoms with E-state index in [1.165, 1.54) is 12.1 Å². The second-order valence-electron chi connectivity index (χ2n) is 7.29. The fourth-order valence-electron chi connectivity index (χ4n) is 3.12. The minimum atomic E-state index is -3.75. The monoisotopic (exact) mass is 483 g/mol. The molecule has 0 atom stereocenters. The number of para-hydroxylation sites is 1. The van der Waals surface area contributed by atoms with Crippen molar-refractivity contribution >= 4 is 44.6 Å². The van der Waals surface area contributed by atoms with E-state index in [1.807, 2.05) is 32.9 Å². The molecule has 7 nitrogen and oxygen atoms in total. The Bertz CT molecular complexity index is 1270. The van der Waals surface area contributed by atoms with Crippen molar-refractivity contribution in [2.24, 2.45) is 0 Å². The number of thiocarbonyl (C=S) groups is 1. The zero-order chi connectivity index (χ0) is 24.0. The summed E-state index contributed by atoms with van der Waals surface area (Å²) < 4.78 is 33.5. The van der Waals surface area contributed by atoms with Gasteiger partial charge in [-0.2, -0.15) is 0 Å². The molecule has 0 spiro atoms. The van der Waals surface area contributed by atoms with Crippen LogP contribution in [0.5, 0.6) is 5.75 Å². The summed E-state index contributed by atoms with van der Waals surface area (Å²) in [4.78, 5) is 12.6. The summed E-state index contributed by atoms with van der Waals surface area (Å²) in [5.41, 5.74) is 3.31. The molecule has 0 aliphatic heterocycles. The van der Waals surface area contributed by atoms with Crippen LogP contribution in [0.25, 0.3) is 0 Å². The van der Waals surface area contributed by atoms with Crippen LogP contribution in [0.4, 0.5) is 11.4 Å². The molecule has 3 aromatic rings. The van der Waals surface area contributed by atoms with Gasteiger partial charge in [0.05, 0.1) is 22.8 Å². The highest BCUT2D eigenvalue weighted by atomic mass is 32.2. The van der Waals surface area contributed by atoms with Crippen LogP contribution >= 0.6 is 12.2 Å². The normalized spacial score (nSPS) is 10.9. The van der Waals surface area contributed by atoms with Crippen molar-refractivity contribution in [2.75, 3.05) is 16.6 Å². The molecular weight excluding hydrogens is 458 g/mol. The third kappa shape index (κ3) is 6.30. The van der Waals surface area contributed by atoms with Gasteiger partial charge in [-0.3, -0.25) is 14.8 Å². The smallest absolute Gasteiger partial charge is 0.261 e. The quantitative estimate of drug-likeness (QED) is 0.424. The highest BCUT2D eigenvalue weighted by Gasteiger charge is 2.16. The first-order valence-electron chi connectivity index (χ1n) is 10.2. The summed E-state index contributed by atoms with van der Waals surface area (Å²) in [6, 6.07) is 18.4. The number of benzene rings is 3. The highest BCUT2D eigenvalue weighted by molar-refractivity contribution is 7.92. The van der Waals surface area contributed by atoms with Crippen molar-refractivity contribution in [2.45, 2.75) is 25.7 Å². The van der Waals surface area contributed by atoms with Gasteiger partial charge < -0.3 is 10.1 Å². The summed E-state index contributed by atoms with van der Waals surface area (Å²) in [7, 11) is -3.75. The molecule has 3 rings (SSSR count). The van der Waals surface area contributed by atoms with Crippen LogP contribution in [0.15, 0.2) is 71.6 Å². The number of amides is 1. The fraction of sp³-hybridized carbons (Fsp3) is 0.167. The topological polar surface area (TPSA) is 96.5 Å². The summed E-state index contributed by atoms with van der Waals surface area (Å²) >= 11 is 5.22. The number of aryl methyl sites for hydroxylation is 2. The van der Waals surface area contributed by atoms with Gasteiger partial charge in [0.15, 0.2) is 5.11 Å². The van der Waals surface area contributed by atoms with Crippen molar-refractivity contribution in [1.29, 1.82) is 0 Å². The van der Waals surface area contributed by atoms with Gasteiger partial charge >= 0.3 is 0 Å². The van der Waals surface area contributed by atoms with Crippen LogP contribution in [-0.4, -0.2) is 26.0 Å². The molecular formula is C24H25N3O4S2. The lowest BCUT2D eigenvalue weighted by molar-refractivity contribution is 0.0974. The maximum atomic E-state index is 12.7. The first kappa shape index (κ1) is 24.2. The van der Waals surface area contributed by atoms with E-state index in [0.717, 1.165) is 11.1 Å². The van der Waals surface area contributed by atoms with Gasteiger partial charge in [-0.1, -0.05) is 29.8 Å². The number of hydrogen-bond acceptors (Lipinski definition) is 5. The van der Waals surface area contributed by atoms with Crippen LogP contribution in [0.2, 0.25) is 0 Å². The van der Waals surface area contributed by atoms with E-state index in [4.69, 9.17) is 17.0 Å². The van der Waals surface area contributed by atoms with Gasteiger partial charge in [-0.25, -0.2) is 8.42 Å². The molecule has 0 aliphatic carbocycles. The van der Waals surface area contributed by atoms with E-state index >= 15 is 0 Å². The number of rotatable bonds is 7. The van der Waals surface area contributed by atoms with Gasteiger partial charge in [0.25, 0.3) is 15.9 Å². The molecule has 1 amide bonds. The lowest BCUT2D eigenvalue weighted by Crippen LogP contribution is -2.34. The van der Waals surface area contributed by atoms with E-state index in [1.54, 1.807) is 42.5 Å². The number of carbonyl (C=O) groups is 1. The predicted octanol–water partition coefficient (Wildman–Crippen LogP) is 4.63. The van der Waals surface area contributed by atoms with Crippen LogP contribution < -0.4 is 20.1 Å². The third-order valence-corrected chi connectivity index (χ3v) is 6.29. The zero-order valence-corrected chi connectivity index (χ0v) is 20.1. The van der Waals surface area contributed by atoms with Crippen LogP contribution in [0.1, 0.15) is 28.4 Å². The largest absolute Gasteiger partial charge is 0.493 e. The third-order valence-electron chi connectivity index (χ3n) is 4.71. The number of hydrogen-bond donors (Lipinski definition) is 3. The molecule has 0 aromatic heterocycles. The first-order chi connectivity index (χ1) is 15.7. The summed E-state index contributed by atoms with van der Waals surface area (Å²) in [6.07, 6.45) is 0. The number of nitrogens with one attached hydrogen (secondary N) is 3. The lowest BCUT2D eigenvalue weighted by Gasteiger charge is -2.13. The average Bonchev–Trinajstić information content (AvgIpc) is 2.76. The minimum absolute atomic E-state index is 0.0790. The molecule has 3 aromatic carbocycles. The van der Waals surface area contributed by atoms with Crippen LogP contribution in [0, 0.1) is 13.8 Å². The predicted molar refractivity (Wildman–Crippen MR) is 134 cm³/mol. The summed E-state index contributed by atoms with van der Waals surface area (Å²) in [6.45, 7) is 6.06. The van der Waals surface area contributed by atoms with Gasteiger partial charge in [-0.15, -0.1) is 0 Å². The average molecular weight is 484 g/mol. The van der Waals surface area contributed by atoms with Crippen molar-refractivity contribution in [1.82, 2.24) is 5.32 Å². The Morgan fingerprint density at radius 2 is 1.70 bits per heavy atom. The Kier molecular flexibility index (Phi) is 7.67. The van der Waals surface area contributed by atoms with E-state index in [9.17, 15) is 13.2 Å². The number of ether oxygens (including phenoxy) is 1. The first-order valence-corrected chi connectivity index (χ1v) is 12.1. The Morgan fingerprint density at radius 3 is 2.36 bits per heavy atom. The molecule has 0 fully saturated rings. The Hall–Kier alpha value is -3.43. The maximum absolute atomic E-state index is 12.7. The van der Waals surface area contributed by atoms with Crippen molar-refractivity contribution in [3.63, 3.8) is 0 Å². The van der Waals surface area contributed by atoms with E-state index < -0.39 is 15.9 Å². The molecule has 172 valence electrons. The van der Waals surface area contributed by atoms with Gasteiger partial charge in [0, 0.05) is 5.69 Å². The minimum Gasteiger partial charge on any atom is -0.493 e. The molecule has 0 radical (unpaired) electrons. The molecule has 33 heavy (non-hydrogen) atoms. The molecule has 0 aliphatic rings. The second kappa shape index (κ2) is 10.5. The molecule has 0 heterocycles. The van der Waals surface area contributed by atoms with E-state index in [2.05, 4.69) is 15.4 Å². The standard InChI is InChI=1S/C24H25N3O4S2/c1-4-31-22-8-6-5-7-20(22)23(28)26-24(32)25-18-10-12-19(13-11-18)33(29,30)27-21-14-9-16(2)15-17(21)3/h5-15,27H,4H2,1-3H3,(H2,25,26,28,32). The zero-order valence-electron chi connectivity index (χ0n) is 18.5. The molecule has 0 saturated heterocycles. The Morgan fingerprint density at radius 1 is 1.00 bits per heavy atom. The van der Waals surface area contributed by atoms with E-state index in [0.29, 0.717) is 29.3 Å². The molecule has 3 N–H and O–H groups in total. The SMILES string of the molecule is CCOc1ccccc1C(=O)NC(=S)Nc1ccc(S(=O)(=O)Nc2ccc(C)cc2C)cc1. The molecule has 0 unspecified atom stereocenters.